The Kier molecular flexibility index (Phi) is 5.01. The molecule has 2 heterocycles. The summed E-state index contributed by atoms with van der Waals surface area (Å²) in [7, 11) is -3.93. The number of halogens is 2. The van der Waals surface area contributed by atoms with E-state index in [2.05, 4.69) is 20.3 Å². The minimum absolute atomic E-state index is 0.0422. The number of rotatable bonds is 4. The van der Waals surface area contributed by atoms with Crippen molar-refractivity contribution in [3.63, 3.8) is 0 Å². The highest BCUT2D eigenvalue weighted by molar-refractivity contribution is 7.89. The van der Waals surface area contributed by atoms with Crippen LogP contribution in [0, 0.1) is 17.6 Å². The zero-order valence-corrected chi connectivity index (χ0v) is 15.8. The van der Waals surface area contributed by atoms with Gasteiger partial charge in [-0.05, 0) is 47.4 Å². The van der Waals surface area contributed by atoms with E-state index in [4.69, 9.17) is 0 Å². The van der Waals surface area contributed by atoms with Gasteiger partial charge in [0.05, 0.1) is 5.92 Å². The van der Waals surface area contributed by atoms with Crippen molar-refractivity contribution in [1.82, 2.24) is 14.6 Å². The van der Waals surface area contributed by atoms with Gasteiger partial charge in [0.2, 0.25) is 15.9 Å². The van der Waals surface area contributed by atoms with Crippen LogP contribution in [0.25, 0.3) is 11.0 Å². The lowest BCUT2D eigenvalue weighted by Gasteiger charge is -2.31. The predicted molar refractivity (Wildman–Crippen MR) is 98.3 cm³/mol. The quantitative estimate of drug-likeness (QED) is 0.693. The molecule has 1 amide bonds. The Hall–Kier alpha value is -2.92. The summed E-state index contributed by atoms with van der Waals surface area (Å²) in [6.45, 7) is 0.207. The number of sulfonamides is 1. The van der Waals surface area contributed by atoms with Crippen LogP contribution in [0.3, 0.4) is 0 Å². The van der Waals surface area contributed by atoms with Gasteiger partial charge in [-0.15, -0.1) is 0 Å². The molecule has 1 aromatic heterocycles. The second-order valence-electron chi connectivity index (χ2n) is 6.71. The third-order valence-electron chi connectivity index (χ3n) is 4.81. The van der Waals surface area contributed by atoms with E-state index in [1.807, 2.05) is 0 Å². The first-order chi connectivity index (χ1) is 13.9. The van der Waals surface area contributed by atoms with E-state index in [0.29, 0.717) is 18.4 Å². The van der Waals surface area contributed by atoms with Crippen molar-refractivity contribution >= 4 is 32.7 Å². The molecule has 29 heavy (non-hydrogen) atoms. The number of carbonyl (C=O) groups is 1. The molecular formula is C18H16F2N4O4S. The van der Waals surface area contributed by atoms with Gasteiger partial charge < -0.3 is 5.32 Å². The molecule has 152 valence electrons. The maximum absolute atomic E-state index is 13.3. The second-order valence-corrected chi connectivity index (χ2v) is 8.61. The molecule has 1 N–H and O–H groups in total. The fourth-order valence-corrected chi connectivity index (χ4v) is 4.98. The Bertz CT molecular complexity index is 1180. The van der Waals surface area contributed by atoms with Crippen LogP contribution in [0.1, 0.15) is 12.8 Å². The van der Waals surface area contributed by atoms with E-state index in [0.717, 1.165) is 12.1 Å². The number of nitrogens with one attached hydrogen (secondary N) is 1. The normalized spacial score (nSPS) is 18.1. The minimum atomic E-state index is -3.93. The van der Waals surface area contributed by atoms with Crippen molar-refractivity contribution in [3.8, 4) is 0 Å². The van der Waals surface area contributed by atoms with E-state index < -0.39 is 33.5 Å². The molecule has 1 saturated heterocycles. The lowest BCUT2D eigenvalue weighted by atomic mass is 9.98. The van der Waals surface area contributed by atoms with Crippen LogP contribution in [-0.2, 0) is 14.8 Å². The van der Waals surface area contributed by atoms with Gasteiger partial charge in [0.25, 0.3) is 0 Å². The smallest absolute Gasteiger partial charge is 0.245 e. The largest absolute Gasteiger partial charge is 0.326 e. The van der Waals surface area contributed by atoms with Crippen molar-refractivity contribution in [2.24, 2.45) is 5.92 Å². The Morgan fingerprint density at radius 1 is 1.17 bits per heavy atom. The van der Waals surface area contributed by atoms with Crippen LogP contribution >= 0.6 is 0 Å². The standard InChI is InChI=1S/C18H16F2N4O4S/c19-13-7-6-12(9-14(13)20)21-18(25)11-3-2-8-24(10-11)29(26,27)16-5-1-4-15-17(16)23-28-22-15/h1,4-7,9,11H,2-3,8,10H2,(H,21,25)/t11-/m1/s1. The van der Waals surface area contributed by atoms with Crippen LogP contribution in [-0.4, -0.2) is 42.0 Å². The number of fused-ring (bicyclic) bond motifs is 1. The molecule has 3 aromatic rings. The number of aromatic nitrogens is 2. The van der Waals surface area contributed by atoms with Crippen LogP contribution in [0.15, 0.2) is 45.9 Å². The Morgan fingerprint density at radius 2 is 2.00 bits per heavy atom. The summed E-state index contributed by atoms with van der Waals surface area (Å²) < 4.78 is 58.4. The van der Waals surface area contributed by atoms with Gasteiger partial charge in [-0.3, -0.25) is 4.79 Å². The van der Waals surface area contributed by atoms with Gasteiger partial charge in [-0.25, -0.2) is 21.8 Å². The Balaban J connectivity index is 1.53. The molecule has 0 spiro atoms. The molecule has 8 nitrogen and oxygen atoms in total. The molecule has 0 bridgehead atoms. The number of hydrogen-bond donors (Lipinski definition) is 1. The number of hydrogen-bond acceptors (Lipinski definition) is 6. The number of amides is 1. The van der Waals surface area contributed by atoms with Gasteiger partial charge in [0.15, 0.2) is 17.2 Å². The van der Waals surface area contributed by atoms with E-state index in [-0.39, 0.29) is 29.2 Å². The fraction of sp³-hybridized carbons (Fsp3) is 0.278. The molecule has 0 radical (unpaired) electrons. The van der Waals surface area contributed by atoms with Gasteiger partial charge in [-0.2, -0.15) is 4.31 Å². The molecule has 0 unspecified atom stereocenters. The van der Waals surface area contributed by atoms with Crippen LogP contribution < -0.4 is 5.32 Å². The fourth-order valence-electron chi connectivity index (χ4n) is 3.32. The molecule has 4 rings (SSSR count). The monoisotopic (exact) mass is 422 g/mol. The highest BCUT2D eigenvalue weighted by Gasteiger charge is 2.35. The van der Waals surface area contributed by atoms with Crippen molar-refractivity contribution in [2.45, 2.75) is 17.7 Å². The lowest BCUT2D eigenvalue weighted by Crippen LogP contribution is -2.43. The third kappa shape index (κ3) is 3.70. The van der Waals surface area contributed by atoms with E-state index in [1.165, 1.54) is 22.5 Å². The lowest BCUT2D eigenvalue weighted by molar-refractivity contribution is -0.120. The maximum atomic E-state index is 13.3. The molecule has 0 saturated carbocycles. The van der Waals surface area contributed by atoms with E-state index >= 15 is 0 Å². The van der Waals surface area contributed by atoms with Crippen molar-refractivity contribution in [1.29, 1.82) is 0 Å². The van der Waals surface area contributed by atoms with Gasteiger partial charge >= 0.3 is 0 Å². The Morgan fingerprint density at radius 3 is 2.79 bits per heavy atom. The van der Waals surface area contributed by atoms with E-state index in [9.17, 15) is 22.0 Å². The summed E-state index contributed by atoms with van der Waals surface area (Å²) in [5.74, 6) is -3.20. The summed E-state index contributed by atoms with van der Waals surface area (Å²) in [5.41, 5.74) is 0.545. The summed E-state index contributed by atoms with van der Waals surface area (Å²) in [6.07, 6.45) is 0.944. The molecular weight excluding hydrogens is 406 g/mol. The summed E-state index contributed by atoms with van der Waals surface area (Å²) in [6, 6.07) is 7.56. The minimum Gasteiger partial charge on any atom is -0.326 e. The van der Waals surface area contributed by atoms with Gasteiger partial charge in [0, 0.05) is 24.8 Å². The number of anilines is 1. The van der Waals surface area contributed by atoms with Crippen LogP contribution in [0.4, 0.5) is 14.5 Å². The zero-order chi connectivity index (χ0) is 20.6. The molecule has 1 atom stereocenters. The maximum Gasteiger partial charge on any atom is 0.245 e. The zero-order valence-electron chi connectivity index (χ0n) is 15.0. The molecule has 11 heteroatoms. The average molecular weight is 422 g/mol. The highest BCUT2D eigenvalue weighted by Crippen LogP contribution is 2.28. The summed E-state index contributed by atoms with van der Waals surface area (Å²) in [4.78, 5) is 12.5. The molecule has 1 aliphatic rings. The van der Waals surface area contributed by atoms with Crippen molar-refractivity contribution < 1.29 is 26.6 Å². The summed E-state index contributed by atoms with van der Waals surface area (Å²) >= 11 is 0. The SMILES string of the molecule is O=C(Nc1ccc(F)c(F)c1)[C@@H]1CCCN(S(=O)(=O)c2cccc3nonc23)C1. The molecule has 1 aliphatic heterocycles. The molecule has 0 aliphatic carbocycles. The second kappa shape index (κ2) is 7.48. The first kappa shape index (κ1) is 19.4. The van der Waals surface area contributed by atoms with Crippen LogP contribution in [0.5, 0.6) is 0 Å². The number of benzene rings is 2. The first-order valence-corrected chi connectivity index (χ1v) is 10.3. The highest BCUT2D eigenvalue weighted by atomic mass is 32.2. The predicted octanol–water partition coefficient (Wildman–Crippen LogP) is 2.54. The molecule has 2 aromatic carbocycles. The van der Waals surface area contributed by atoms with E-state index in [1.54, 1.807) is 6.07 Å². The Labute approximate surface area is 164 Å². The van der Waals surface area contributed by atoms with Gasteiger partial charge in [-0.1, -0.05) is 6.07 Å². The number of piperidine rings is 1. The number of carbonyl (C=O) groups excluding carboxylic acids is 1. The van der Waals surface area contributed by atoms with Gasteiger partial charge in [0.1, 0.15) is 10.4 Å². The van der Waals surface area contributed by atoms with Crippen molar-refractivity contribution in [3.05, 3.63) is 48.0 Å². The number of nitrogens with zero attached hydrogens (tertiary/aromatic N) is 3. The molecule has 1 fully saturated rings. The van der Waals surface area contributed by atoms with Crippen molar-refractivity contribution in [2.75, 3.05) is 18.4 Å². The average Bonchev–Trinajstić information content (AvgIpc) is 3.19. The topological polar surface area (TPSA) is 105 Å². The third-order valence-corrected chi connectivity index (χ3v) is 6.71. The summed E-state index contributed by atoms with van der Waals surface area (Å²) in [5, 5.41) is 9.83. The first-order valence-electron chi connectivity index (χ1n) is 8.83. The van der Waals surface area contributed by atoms with Crippen LogP contribution in [0.2, 0.25) is 0 Å².